The fourth-order valence-corrected chi connectivity index (χ4v) is 3.68. The first-order valence-electron chi connectivity index (χ1n) is 10.6. The summed E-state index contributed by atoms with van der Waals surface area (Å²) < 4.78 is 19.0. The number of nitrogens with zero attached hydrogens (tertiary/aromatic N) is 1. The van der Waals surface area contributed by atoms with Gasteiger partial charge in [-0.2, -0.15) is 0 Å². The molecule has 0 radical (unpaired) electrons. The van der Waals surface area contributed by atoms with Crippen LogP contribution in [0.3, 0.4) is 0 Å². The molecule has 0 spiro atoms. The summed E-state index contributed by atoms with van der Waals surface area (Å²) in [6.45, 7) is 10.0. The third-order valence-corrected chi connectivity index (χ3v) is 5.60. The van der Waals surface area contributed by atoms with E-state index in [1.54, 1.807) is 53.0 Å². The number of rotatable bonds is 4. The number of esters is 1. The quantitative estimate of drug-likeness (QED) is 0.307. The Morgan fingerprint density at radius 2 is 1.94 bits per heavy atom. The number of ether oxygens (including phenoxy) is 3. The first-order chi connectivity index (χ1) is 15.1. The fourth-order valence-electron chi connectivity index (χ4n) is 3.68. The molecule has 6 nitrogen and oxygen atoms in total. The maximum Gasteiger partial charge on any atom is 0.316 e. The zero-order chi connectivity index (χ0) is 23.2. The average molecular weight is 434 g/mol. The highest BCUT2D eigenvalue weighted by molar-refractivity contribution is 6.15. The molecule has 3 aromatic rings. The van der Waals surface area contributed by atoms with Crippen LogP contribution in [0.2, 0.25) is 0 Å². The van der Waals surface area contributed by atoms with Crippen molar-refractivity contribution in [2.75, 3.05) is 7.11 Å². The van der Waals surface area contributed by atoms with Crippen molar-refractivity contribution >= 4 is 28.7 Å². The number of aromatic nitrogens is 1. The zero-order valence-corrected chi connectivity index (χ0v) is 19.2. The van der Waals surface area contributed by atoms with Crippen LogP contribution >= 0.6 is 0 Å². The summed E-state index contributed by atoms with van der Waals surface area (Å²) in [5.41, 5.74) is 2.36. The Hall–Kier alpha value is -3.54. The summed E-state index contributed by atoms with van der Waals surface area (Å²) in [6, 6.07) is 9.18. The number of ketones is 1. The van der Waals surface area contributed by atoms with Crippen LogP contribution < -0.4 is 14.2 Å². The van der Waals surface area contributed by atoms with Crippen molar-refractivity contribution in [3.8, 4) is 17.2 Å². The molecule has 32 heavy (non-hydrogen) atoms. The molecule has 0 N–H and O–H groups in total. The molecule has 0 aliphatic carbocycles. The van der Waals surface area contributed by atoms with Gasteiger partial charge in [-0.05, 0) is 71.0 Å². The van der Waals surface area contributed by atoms with Crippen molar-refractivity contribution in [1.82, 2.24) is 4.57 Å². The molecule has 2 aromatic carbocycles. The third kappa shape index (κ3) is 3.66. The molecule has 2 heterocycles. The third-order valence-electron chi connectivity index (χ3n) is 5.60. The number of hydrogen-bond donors (Lipinski definition) is 0. The van der Waals surface area contributed by atoms with Gasteiger partial charge in [-0.25, -0.2) is 0 Å². The largest absolute Gasteiger partial charge is 0.497 e. The summed E-state index contributed by atoms with van der Waals surface area (Å²) in [6.07, 6.45) is 3.76. The Labute approximate surface area is 187 Å². The van der Waals surface area contributed by atoms with Gasteiger partial charge in [-0.1, -0.05) is 0 Å². The van der Waals surface area contributed by atoms with Crippen molar-refractivity contribution in [3.63, 3.8) is 0 Å². The molecule has 0 amide bonds. The Morgan fingerprint density at radius 1 is 1.19 bits per heavy atom. The maximum absolute atomic E-state index is 13.0. The molecule has 0 saturated heterocycles. The number of allylic oxidation sites excluding steroid dienone is 1. The molecule has 0 atom stereocenters. The Bertz CT molecular complexity index is 1270. The summed E-state index contributed by atoms with van der Waals surface area (Å²) in [5, 5.41) is 0.975. The first-order valence-corrected chi connectivity index (χ1v) is 10.6. The molecule has 6 heteroatoms. The van der Waals surface area contributed by atoms with E-state index in [1.165, 1.54) is 0 Å². The van der Waals surface area contributed by atoms with Crippen molar-refractivity contribution in [1.29, 1.82) is 0 Å². The predicted molar refractivity (Wildman–Crippen MR) is 123 cm³/mol. The topological polar surface area (TPSA) is 66.8 Å². The van der Waals surface area contributed by atoms with E-state index in [9.17, 15) is 9.59 Å². The number of carbonyl (C=O) groups excluding carboxylic acids is 2. The van der Waals surface area contributed by atoms with Crippen molar-refractivity contribution in [2.45, 2.75) is 41.2 Å². The predicted octanol–water partition coefficient (Wildman–Crippen LogP) is 5.55. The summed E-state index contributed by atoms with van der Waals surface area (Å²) in [7, 11) is 1.63. The highest BCUT2D eigenvalue weighted by Crippen LogP contribution is 2.40. The smallest absolute Gasteiger partial charge is 0.316 e. The van der Waals surface area contributed by atoms with Gasteiger partial charge in [0.1, 0.15) is 17.2 Å². The molecule has 1 aromatic heterocycles. The van der Waals surface area contributed by atoms with E-state index < -0.39 is 5.41 Å². The second-order valence-corrected chi connectivity index (χ2v) is 8.90. The summed E-state index contributed by atoms with van der Waals surface area (Å²) >= 11 is 0. The lowest BCUT2D eigenvalue weighted by Gasteiger charge is -2.17. The molecular formula is C26H27NO5. The minimum atomic E-state index is -0.637. The number of carbonyl (C=O) groups is 2. The lowest BCUT2D eigenvalue weighted by atomic mass is 9.97. The van der Waals surface area contributed by atoms with E-state index in [1.807, 2.05) is 24.4 Å². The van der Waals surface area contributed by atoms with Crippen LogP contribution in [0.1, 0.15) is 49.2 Å². The van der Waals surface area contributed by atoms with Gasteiger partial charge in [0, 0.05) is 34.8 Å². The van der Waals surface area contributed by atoms with Crippen molar-refractivity contribution in [3.05, 3.63) is 59.0 Å². The van der Waals surface area contributed by atoms with E-state index in [0.29, 0.717) is 22.6 Å². The zero-order valence-electron chi connectivity index (χ0n) is 19.2. The monoisotopic (exact) mass is 433 g/mol. The minimum absolute atomic E-state index is 0.197. The molecule has 0 fully saturated rings. The average Bonchev–Trinajstić information content (AvgIpc) is 3.27. The van der Waals surface area contributed by atoms with Crippen LogP contribution in [0, 0.1) is 12.3 Å². The first kappa shape index (κ1) is 21.7. The van der Waals surface area contributed by atoms with Crippen LogP contribution in [0.15, 0.2) is 42.3 Å². The van der Waals surface area contributed by atoms with E-state index in [-0.39, 0.29) is 17.5 Å². The molecule has 0 saturated carbocycles. The van der Waals surface area contributed by atoms with Gasteiger partial charge in [0.2, 0.25) is 5.78 Å². The number of hydrogen-bond acceptors (Lipinski definition) is 5. The Balaban J connectivity index is 1.73. The van der Waals surface area contributed by atoms with Crippen molar-refractivity contribution in [2.24, 2.45) is 5.41 Å². The summed E-state index contributed by atoms with van der Waals surface area (Å²) in [4.78, 5) is 25.4. The van der Waals surface area contributed by atoms with Gasteiger partial charge in [0.05, 0.1) is 18.1 Å². The Kier molecular flexibility index (Phi) is 5.33. The van der Waals surface area contributed by atoms with Crippen LogP contribution in [0.25, 0.3) is 17.0 Å². The second-order valence-electron chi connectivity index (χ2n) is 8.90. The maximum atomic E-state index is 13.0. The standard InChI is InChI=1S/C26H27NO5/c1-7-27-14-16(19-13-17(30-6)8-10-20(19)27)12-22-23(28)18-9-11-21(15(2)24(18)31-22)32-25(29)26(3,4)5/h8-14H,7H2,1-6H3. The lowest BCUT2D eigenvalue weighted by molar-refractivity contribution is -0.143. The molecule has 166 valence electrons. The number of Topliss-reactive ketones (excluding diaryl/α,β-unsaturated/α-hetero) is 1. The fraction of sp³-hybridized carbons (Fsp3) is 0.308. The van der Waals surface area contributed by atoms with Crippen LogP contribution in [-0.4, -0.2) is 23.4 Å². The SMILES string of the molecule is CCn1cc(C=C2Oc3c(ccc(OC(=O)C(C)(C)C)c3C)C2=O)c2cc(OC)ccc21. The summed E-state index contributed by atoms with van der Waals surface area (Å²) in [5.74, 6) is 1.26. The number of methoxy groups -OCH3 is 1. The van der Waals surface area contributed by atoms with E-state index >= 15 is 0 Å². The van der Waals surface area contributed by atoms with Crippen LogP contribution in [0.5, 0.6) is 17.2 Å². The van der Waals surface area contributed by atoms with E-state index in [2.05, 4.69) is 11.5 Å². The number of benzene rings is 2. The van der Waals surface area contributed by atoms with Crippen molar-refractivity contribution < 1.29 is 23.8 Å². The molecule has 4 rings (SSSR count). The highest BCUT2D eigenvalue weighted by Gasteiger charge is 2.32. The Morgan fingerprint density at radius 3 is 2.59 bits per heavy atom. The number of aryl methyl sites for hydroxylation is 1. The highest BCUT2D eigenvalue weighted by atomic mass is 16.5. The van der Waals surface area contributed by atoms with E-state index in [0.717, 1.165) is 28.8 Å². The van der Waals surface area contributed by atoms with Crippen LogP contribution in [-0.2, 0) is 11.3 Å². The van der Waals surface area contributed by atoms with Gasteiger partial charge >= 0.3 is 5.97 Å². The van der Waals surface area contributed by atoms with Gasteiger partial charge in [0.15, 0.2) is 5.76 Å². The minimum Gasteiger partial charge on any atom is -0.497 e. The van der Waals surface area contributed by atoms with Gasteiger partial charge in [-0.15, -0.1) is 0 Å². The van der Waals surface area contributed by atoms with Crippen LogP contribution in [0.4, 0.5) is 0 Å². The molecular weight excluding hydrogens is 406 g/mol. The second kappa shape index (κ2) is 7.86. The molecule has 0 unspecified atom stereocenters. The lowest BCUT2D eigenvalue weighted by Crippen LogP contribution is -2.25. The van der Waals surface area contributed by atoms with E-state index in [4.69, 9.17) is 14.2 Å². The van der Waals surface area contributed by atoms with Gasteiger partial charge < -0.3 is 18.8 Å². The molecule has 0 bridgehead atoms. The van der Waals surface area contributed by atoms with Gasteiger partial charge in [-0.3, -0.25) is 9.59 Å². The molecule has 1 aliphatic rings. The molecule has 1 aliphatic heterocycles. The normalized spacial score (nSPS) is 14.6. The number of fused-ring (bicyclic) bond motifs is 2. The van der Waals surface area contributed by atoms with Gasteiger partial charge in [0.25, 0.3) is 0 Å².